The van der Waals surface area contributed by atoms with Crippen LogP contribution in [0.1, 0.15) is 54.9 Å². The van der Waals surface area contributed by atoms with Crippen LogP contribution >= 0.6 is 0 Å². The second-order valence-electron chi connectivity index (χ2n) is 8.23. The number of benzene rings is 3. The quantitative estimate of drug-likeness (QED) is 0.382. The number of fused-ring (bicyclic) bond motifs is 2. The predicted octanol–water partition coefficient (Wildman–Crippen LogP) is 3.54. The summed E-state index contributed by atoms with van der Waals surface area (Å²) in [7, 11) is 0. The van der Waals surface area contributed by atoms with Gasteiger partial charge in [-0.05, 0) is 32.0 Å². The molecule has 1 amide bonds. The lowest BCUT2D eigenvalue weighted by molar-refractivity contribution is -0.123. The van der Waals surface area contributed by atoms with Crippen LogP contribution in [0.2, 0.25) is 0 Å². The Morgan fingerprint density at radius 3 is 2.19 bits per heavy atom. The molecular weight excluding hydrogens is 460 g/mol. The van der Waals surface area contributed by atoms with Gasteiger partial charge in [-0.15, -0.1) is 5.10 Å². The van der Waals surface area contributed by atoms with Crippen molar-refractivity contribution in [3.8, 4) is 5.69 Å². The summed E-state index contributed by atoms with van der Waals surface area (Å²) >= 11 is 0. The molecule has 3 aromatic carbocycles. The summed E-state index contributed by atoms with van der Waals surface area (Å²) in [5.74, 6) is -2.14. The number of anilines is 1. The van der Waals surface area contributed by atoms with Crippen LogP contribution in [-0.4, -0.2) is 44.5 Å². The fourth-order valence-electron chi connectivity index (χ4n) is 4.00. The number of ether oxygens (including phenoxy) is 1. The molecule has 4 aromatic rings. The number of rotatable bonds is 5. The van der Waals surface area contributed by atoms with E-state index in [4.69, 9.17) is 4.74 Å². The number of nitrogens with zero attached hydrogens (tertiary/aromatic N) is 3. The lowest BCUT2D eigenvalue weighted by Crippen LogP contribution is -2.31. The van der Waals surface area contributed by atoms with Crippen LogP contribution in [0.25, 0.3) is 5.69 Å². The van der Waals surface area contributed by atoms with Crippen molar-refractivity contribution < 1.29 is 23.9 Å². The molecule has 178 valence electrons. The molecule has 9 nitrogen and oxygen atoms in total. The van der Waals surface area contributed by atoms with Crippen LogP contribution in [0.15, 0.2) is 72.8 Å². The lowest BCUT2D eigenvalue weighted by atomic mass is 9.83. The third-order valence-electron chi connectivity index (χ3n) is 5.83. The molecule has 1 N–H and O–H groups in total. The van der Waals surface area contributed by atoms with Gasteiger partial charge >= 0.3 is 5.97 Å². The Kier molecular flexibility index (Phi) is 5.73. The fourth-order valence-corrected chi connectivity index (χ4v) is 4.00. The Balaban J connectivity index is 1.34. The molecular formula is C27H20N4O5. The summed E-state index contributed by atoms with van der Waals surface area (Å²) in [5.41, 5.74) is 2.06. The number of hydrogen-bond acceptors (Lipinski definition) is 7. The SMILES string of the molecule is Cc1nn(-c2ccccc2)nc1C(=O)OC(C)C(=O)Nc1cccc2c1C(=O)c1ccccc1C2=O. The first-order valence-corrected chi connectivity index (χ1v) is 11.2. The van der Waals surface area contributed by atoms with Gasteiger partial charge in [0.25, 0.3) is 5.91 Å². The van der Waals surface area contributed by atoms with Gasteiger partial charge in [-0.3, -0.25) is 14.4 Å². The number of nitrogens with one attached hydrogen (secondary N) is 1. The molecule has 1 unspecified atom stereocenters. The van der Waals surface area contributed by atoms with Crippen LogP contribution < -0.4 is 5.32 Å². The molecule has 0 saturated carbocycles. The molecule has 1 aliphatic carbocycles. The topological polar surface area (TPSA) is 120 Å². The molecule has 0 radical (unpaired) electrons. The lowest BCUT2D eigenvalue weighted by Gasteiger charge is -2.21. The molecule has 5 rings (SSSR count). The van der Waals surface area contributed by atoms with E-state index in [2.05, 4.69) is 15.5 Å². The number of amides is 1. The van der Waals surface area contributed by atoms with Crippen LogP contribution in [0.3, 0.4) is 0 Å². The number of carbonyl (C=O) groups excluding carboxylic acids is 4. The zero-order valence-corrected chi connectivity index (χ0v) is 19.4. The minimum absolute atomic E-state index is 0.0204. The number of ketones is 2. The van der Waals surface area contributed by atoms with Gasteiger partial charge in [0.2, 0.25) is 0 Å². The first-order valence-electron chi connectivity index (χ1n) is 11.2. The number of para-hydroxylation sites is 1. The molecule has 1 heterocycles. The van der Waals surface area contributed by atoms with E-state index >= 15 is 0 Å². The second-order valence-corrected chi connectivity index (χ2v) is 8.23. The van der Waals surface area contributed by atoms with Crippen LogP contribution in [0.4, 0.5) is 5.69 Å². The van der Waals surface area contributed by atoms with Crippen molar-refractivity contribution in [3.05, 3.63) is 106 Å². The summed E-state index contributed by atoms with van der Waals surface area (Å²) in [6, 6.07) is 20.2. The third kappa shape index (κ3) is 3.96. The Morgan fingerprint density at radius 2 is 1.47 bits per heavy atom. The van der Waals surface area contributed by atoms with Crippen LogP contribution in [0, 0.1) is 6.92 Å². The number of carbonyl (C=O) groups is 4. The molecule has 0 saturated heterocycles. The van der Waals surface area contributed by atoms with E-state index in [0.29, 0.717) is 16.9 Å². The van der Waals surface area contributed by atoms with Gasteiger partial charge in [0.05, 0.1) is 22.6 Å². The maximum atomic E-state index is 13.1. The minimum Gasteiger partial charge on any atom is -0.448 e. The Bertz CT molecular complexity index is 1540. The highest BCUT2D eigenvalue weighted by molar-refractivity contribution is 6.30. The van der Waals surface area contributed by atoms with Crippen molar-refractivity contribution >= 4 is 29.1 Å². The molecule has 9 heteroatoms. The van der Waals surface area contributed by atoms with Gasteiger partial charge in [0.15, 0.2) is 23.4 Å². The molecule has 0 bridgehead atoms. The van der Waals surface area contributed by atoms with Gasteiger partial charge in [-0.25, -0.2) is 4.79 Å². The number of esters is 1. The molecule has 0 spiro atoms. The van der Waals surface area contributed by atoms with Crippen molar-refractivity contribution in [3.63, 3.8) is 0 Å². The maximum absolute atomic E-state index is 13.1. The van der Waals surface area contributed by atoms with E-state index in [1.165, 1.54) is 17.8 Å². The van der Waals surface area contributed by atoms with Crippen molar-refractivity contribution in [2.24, 2.45) is 0 Å². The molecule has 1 aliphatic rings. The molecule has 1 atom stereocenters. The fraction of sp³-hybridized carbons (Fsp3) is 0.111. The van der Waals surface area contributed by atoms with E-state index < -0.39 is 18.0 Å². The zero-order chi connectivity index (χ0) is 25.4. The van der Waals surface area contributed by atoms with E-state index in [1.807, 2.05) is 18.2 Å². The predicted molar refractivity (Wildman–Crippen MR) is 129 cm³/mol. The molecule has 36 heavy (non-hydrogen) atoms. The standard InChI is InChI=1S/C27H20N4O5/c1-15-23(30-31(29-15)17-9-4-3-5-10-17)27(35)36-16(2)26(34)28-21-14-8-13-20-22(21)25(33)19-12-7-6-11-18(19)24(20)32/h3-14,16H,1-2H3,(H,28,34). The summed E-state index contributed by atoms with van der Waals surface area (Å²) in [4.78, 5) is 53.0. The first kappa shape index (κ1) is 22.9. The Hall–Kier alpha value is -4.92. The minimum atomic E-state index is -1.21. The zero-order valence-electron chi connectivity index (χ0n) is 19.4. The highest BCUT2D eigenvalue weighted by atomic mass is 16.5. The van der Waals surface area contributed by atoms with Crippen molar-refractivity contribution in [1.29, 1.82) is 0 Å². The summed E-state index contributed by atoms with van der Waals surface area (Å²) in [6.45, 7) is 3.02. The normalized spacial score (nSPS) is 12.9. The Morgan fingerprint density at radius 1 is 0.833 bits per heavy atom. The largest absolute Gasteiger partial charge is 0.448 e. The average molecular weight is 480 g/mol. The molecule has 1 aromatic heterocycles. The third-order valence-corrected chi connectivity index (χ3v) is 5.83. The number of hydrogen-bond donors (Lipinski definition) is 1. The summed E-state index contributed by atoms with van der Waals surface area (Å²) < 4.78 is 5.33. The highest BCUT2D eigenvalue weighted by Gasteiger charge is 2.32. The smallest absolute Gasteiger partial charge is 0.361 e. The van der Waals surface area contributed by atoms with E-state index in [9.17, 15) is 19.2 Å². The highest BCUT2D eigenvalue weighted by Crippen LogP contribution is 2.32. The van der Waals surface area contributed by atoms with Gasteiger partial charge < -0.3 is 10.1 Å². The van der Waals surface area contributed by atoms with Crippen molar-refractivity contribution in [2.75, 3.05) is 5.32 Å². The Labute approximate surface area is 205 Å². The first-order chi connectivity index (χ1) is 17.3. The van der Waals surface area contributed by atoms with Gasteiger partial charge in [0, 0.05) is 16.7 Å². The van der Waals surface area contributed by atoms with Crippen molar-refractivity contribution in [2.45, 2.75) is 20.0 Å². The summed E-state index contributed by atoms with van der Waals surface area (Å²) in [5, 5.41) is 11.1. The monoisotopic (exact) mass is 480 g/mol. The van der Waals surface area contributed by atoms with Crippen LogP contribution in [0.5, 0.6) is 0 Å². The summed E-state index contributed by atoms with van der Waals surface area (Å²) in [6.07, 6.45) is -1.21. The van der Waals surface area contributed by atoms with Gasteiger partial charge in [-0.2, -0.15) is 9.90 Å². The maximum Gasteiger partial charge on any atom is 0.361 e. The van der Waals surface area contributed by atoms with E-state index in [1.54, 1.807) is 55.5 Å². The van der Waals surface area contributed by atoms with E-state index in [0.717, 1.165) is 0 Å². The average Bonchev–Trinajstić information content (AvgIpc) is 3.29. The van der Waals surface area contributed by atoms with Crippen molar-refractivity contribution in [1.82, 2.24) is 15.0 Å². The van der Waals surface area contributed by atoms with Gasteiger partial charge in [0.1, 0.15) is 0 Å². The van der Waals surface area contributed by atoms with Gasteiger partial charge in [-0.1, -0.05) is 54.6 Å². The van der Waals surface area contributed by atoms with Crippen LogP contribution in [-0.2, 0) is 9.53 Å². The van der Waals surface area contributed by atoms with E-state index in [-0.39, 0.29) is 39.6 Å². The number of aryl methyl sites for hydroxylation is 1. The molecule has 0 aliphatic heterocycles. The molecule has 0 fully saturated rings. The number of aromatic nitrogens is 3. The second kappa shape index (κ2) is 9.03.